The van der Waals surface area contributed by atoms with Crippen LogP contribution in [-0.4, -0.2) is 32.6 Å². The number of rotatable bonds is 6. The largest absolute Gasteiger partial charge is 0.344 e. The fraction of sp³-hybridized carbons (Fsp3) is 0.323. The lowest BCUT2D eigenvalue weighted by atomic mass is 9.82. The van der Waals surface area contributed by atoms with Gasteiger partial charge in [-0.1, -0.05) is 36.4 Å². The summed E-state index contributed by atoms with van der Waals surface area (Å²) in [6.45, 7) is 5.94. The Morgan fingerprint density at radius 2 is 1.76 bits per heavy atom. The number of aromatic amines is 1. The van der Waals surface area contributed by atoms with Crippen molar-refractivity contribution in [3.8, 4) is 11.1 Å². The molecule has 194 valence electrons. The first-order valence-corrected chi connectivity index (χ1v) is 13.2. The van der Waals surface area contributed by atoms with Crippen LogP contribution in [0.15, 0.2) is 60.7 Å². The van der Waals surface area contributed by atoms with E-state index in [9.17, 15) is 9.59 Å². The van der Waals surface area contributed by atoms with E-state index in [-0.39, 0.29) is 23.1 Å². The molecule has 7 nitrogen and oxygen atoms in total. The van der Waals surface area contributed by atoms with E-state index < -0.39 is 6.04 Å². The number of carbonyl (C=O) groups excluding carboxylic acids is 2. The van der Waals surface area contributed by atoms with Gasteiger partial charge in [-0.3, -0.25) is 14.7 Å². The van der Waals surface area contributed by atoms with Gasteiger partial charge < -0.3 is 15.2 Å². The molecule has 2 aliphatic carbocycles. The molecular weight excluding hydrogens is 474 g/mol. The van der Waals surface area contributed by atoms with Gasteiger partial charge in [-0.15, -0.1) is 0 Å². The van der Waals surface area contributed by atoms with Crippen molar-refractivity contribution in [3.05, 3.63) is 94.6 Å². The van der Waals surface area contributed by atoms with Gasteiger partial charge in [0.2, 0.25) is 5.91 Å². The van der Waals surface area contributed by atoms with Crippen molar-refractivity contribution in [2.75, 3.05) is 5.32 Å². The molecule has 38 heavy (non-hydrogen) atoms. The van der Waals surface area contributed by atoms with Gasteiger partial charge in [-0.2, -0.15) is 5.10 Å². The fourth-order valence-electron chi connectivity index (χ4n) is 6.27. The van der Waals surface area contributed by atoms with Crippen LogP contribution in [0.5, 0.6) is 0 Å². The number of anilines is 1. The summed E-state index contributed by atoms with van der Waals surface area (Å²) >= 11 is 0. The average Bonchev–Trinajstić information content (AvgIpc) is 3.32. The second-order valence-electron chi connectivity index (χ2n) is 11.0. The summed E-state index contributed by atoms with van der Waals surface area (Å²) in [5.74, 6) is -0.498. The molecule has 6 rings (SSSR count). The zero-order valence-corrected chi connectivity index (χ0v) is 22.3. The first-order valence-electron chi connectivity index (χ1n) is 13.2. The number of fused-ring (bicyclic) bond motifs is 1. The van der Waals surface area contributed by atoms with Crippen LogP contribution >= 0.6 is 0 Å². The van der Waals surface area contributed by atoms with Crippen molar-refractivity contribution < 1.29 is 9.59 Å². The van der Waals surface area contributed by atoms with E-state index in [2.05, 4.69) is 39.0 Å². The van der Waals surface area contributed by atoms with Gasteiger partial charge >= 0.3 is 0 Å². The van der Waals surface area contributed by atoms with Crippen molar-refractivity contribution >= 4 is 17.5 Å². The minimum atomic E-state index is -0.693. The quantitative estimate of drug-likeness (QED) is 0.335. The van der Waals surface area contributed by atoms with Crippen LogP contribution < -0.4 is 10.6 Å². The van der Waals surface area contributed by atoms with Crippen LogP contribution in [-0.2, 0) is 18.3 Å². The fourth-order valence-corrected chi connectivity index (χ4v) is 6.27. The molecule has 1 spiro atoms. The summed E-state index contributed by atoms with van der Waals surface area (Å²) in [6.07, 6.45) is 3.08. The molecule has 2 amide bonds. The summed E-state index contributed by atoms with van der Waals surface area (Å²) in [7, 11) is 1.87. The third-order valence-electron chi connectivity index (χ3n) is 8.56. The average molecular weight is 508 g/mol. The number of aromatic nitrogens is 3. The molecule has 0 saturated heterocycles. The number of nitrogens with zero attached hydrogens (tertiary/aromatic N) is 2. The monoisotopic (exact) mass is 507 g/mol. The van der Waals surface area contributed by atoms with Crippen molar-refractivity contribution in [1.82, 2.24) is 20.1 Å². The summed E-state index contributed by atoms with van der Waals surface area (Å²) in [6, 6.07) is 19.2. The molecule has 3 N–H and O–H groups in total. The molecular formula is C31H33N5O2. The number of amides is 2. The number of nitrogens with one attached hydrogen (secondary N) is 3. The highest BCUT2D eigenvalue weighted by Gasteiger charge is 2.58. The molecule has 2 aromatic carbocycles. The van der Waals surface area contributed by atoms with Gasteiger partial charge in [0, 0.05) is 35.6 Å². The summed E-state index contributed by atoms with van der Waals surface area (Å²) < 4.78 is 1.86. The van der Waals surface area contributed by atoms with Crippen molar-refractivity contribution in [1.29, 1.82) is 0 Å². The predicted octanol–water partition coefficient (Wildman–Crippen LogP) is 5.20. The SMILES string of the molecule is Cc1n[nH]c(C)c1-c1ccc(NC(=O)[C@@H](NC(=O)c2ccc(C)n2C)C2c3ccccc3CC23CC3)cc1. The Bertz CT molecular complexity index is 1520. The van der Waals surface area contributed by atoms with Crippen LogP contribution in [0.1, 0.15) is 57.5 Å². The van der Waals surface area contributed by atoms with E-state index in [0.717, 1.165) is 47.5 Å². The highest BCUT2D eigenvalue weighted by Crippen LogP contribution is 2.64. The highest BCUT2D eigenvalue weighted by atomic mass is 16.2. The smallest absolute Gasteiger partial charge is 0.268 e. The molecule has 4 aromatic rings. The van der Waals surface area contributed by atoms with Gasteiger partial charge in [0.05, 0.1) is 5.69 Å². The molecule has 2 aromatic heterocycles. The second-order valence-corrected chi connectivity index (χ2v) is 11.0. The Labute approximate surface area is 222 Å². The third kappa shape index (κ3) is 4.02. The first kappa shape index (κ1) is 24.2. The number of hydrogen-bond donors (Lipinski definition) is 3. The molecule has 2 heterocycles. The number of benzene rings is 2. The Kier molecular flexibility index (Phi) is 5.74. The summed E-state index contributed by atoms with van der Waals surface area (Å²) in [5, 5.41) is 13.6. The van der Waals surface area contributed by atoms with Crippen LogP contribution in [0.2, 0.25) is 0 Å². The second kappa shape index (κ2) is 9.01. The Hall–Kier alpha value is -4.13. The highest BCUT2D eigenvalue weighted by molar-refractivity contribution is 6.01. The maximum Gasteiger partial charge on any atom is 0.268 e. The number of carbonyl (C=O) groups is 2. The van der Waals surface area contributed by atoms with Crippen LogP contribution in [0.25, 0.3) is 11.1 Å². The van der Waals surface area contributed by atoms with E-state index in [4.69, 9.17) is 0 Å². The Morgan fingerprint density at radius 3 is 2.39 bits per heavy atom. The maximum absolute atomic E-state index is 14.0. The lowest BCUT2D eigenvalue weighted by Gasteiger charge is -2.30. The Balaban J connectivity index is 1.31. The number of hydrogen-bond acceptors (Lipinski definition) is 3. The number of aryl methyl sites for hydroxylation is 3. The third-order valence-corrected chi connectivity index (χ3v) is 8.56. The Morgan fingerprint density at radius 1 is 1.03 bits per heavy atom. The van der Waals surface area contributed by atoms with E-state index in [0.29, 0.717) is 11.4 Å². The normalized spacial score (nSPS) is 17.7. The molecule has 7 heteroatoms. The van der Waals surface area contributed by atoms with Crippen molar-refractivity contribution in [3.63, 3.8) is 0 Å². The summed E-state index contributed by atoms with van der Waals surface area (Å²) in [4.78, 5) is 27.4. The molecule has 0 bridgehead atoms. The van der Waals surface area contributed by atoms with Crippen LogP contribution in [0.4, 0.5) is 5.69 Å². The van der Waals surface area contributed by atoms with Crippen LogP contribution in [0, 0.1) is 26.2 Å². The standard InChI is InChI=1S/C31H33N5O2/c1-18-9-14-25(36(18)4)29(37)33-28(27-24-8-6-5-7-22(24)17-31(27)15-16-31)30(38)32-23-12-10-21(11-13-23)26-19(2)34-35-20(26)3/h5-14,27-28H,15-17H2,1-4H3,(H,32,38)(H,33,37)(H,34,35)/t27?,28-/m0/s1. The molecule has 0 radical (unpaired) electrons. The molecule has 2 atom stereocenters. The van der Waals surface area contributed by atoms with Crippen molar-refractivity contribution in [2.24, 2.45) is 12.5 Å². The topological polar surface area (TPSA) is 91.8 Å². The minimum Gasteiger partial charge on any atom is -0.344 e. The van der Waals surface area contributed by atoms with Gasteiger partial charge in [-0.05, 0) is 86.4 Å². The lowest BCUT2D eigenvalue weighted by molar-refractivity contribution is -0.118. The minimum absolute atomic E-state index is 0.0310. The van der Waals surface area contributed by atoms with Gasteiger partial charge in [-0.25, -0.2) is 0 Å². The molecule has 2 aliphatic rings. The lowest BCUT2D eigenvalue weighted by Crippen LogP contribution is -2.49. The molecule has 0 aliphatic heterocycles. The van der Waals surface area contributed by atoms with Gasteiger partial charge in [0.15, 0.2) is 0 Å². The van der Waals surface area contributed by atoms with E-state index in [1.807, 2.05) is 74.9 Å². The van der Waals surface area contributed by atoms with Crippen LogP contribution in [0.3, 0.4) is 0 Å². The number of H-pyrrole nitrogens is 1. The predicted molar refractivity (Wildman–Crippen MR) is 148 cm³/mol. The van der Waals surface area contributed by atoms with E-state index in [1.54, 1.807) is 0 Å². The zero-order valence-electron chi connectivity index (χ0n) is 22.3. The van der Waals surface area contributed by atoms with E-state index >= 15 is 0 Å². The van der Waals surface area contributed by atoms with Crippen molar-refractivity contribution in [2.45, 2.75) is 52.0 Å². The molecule has 1 fully saturated rings. The first-order chi connectivity index (χ1) is 18.3. The van der Waals surface area contributed by atoms with Gasteiger partial charge in [0.1, 0.15) is 11.7 Å². The van der Waals surface area contributed by atoms with E-state index in [1.165, 1.54) is 11.1 Å². The van der Waals surface area contributed by atoms with Gasteiger partial charge in [0.25, 0.3) is 5.91 Å². The molecule has 1 saturated carbocycles. The summed E-state index contributed by atoms with van der Waals surface area (Å²) in [5.41, 5.74) is 8.78. The molecule has 1 unspecified atom stereocenters. The zero-order chi connectivity index (χ0) is 26.6. The maximum atomic E-state index is 14.0.